The normalized spacial score (nSPS) is 10.7. The molecule has 7 nitrogen and oxygen atoms in total. The summed E-state index contributed by atoms with van der Waals surface area (Å²) in [5, 5.41) is 5.91. The Morgan fingerprint density at radius 1 is 1.61 bits per heavy atom. The Morgan fingerprint density at radius 2 is 2.39 bits per heavy atom. The standard InChI is InChI=1S/C10H15BN4O3/c1-2-10(14-15-12)18-7-6-17-8-9(16)13-5-3-4-11/h10H,2,5-8H2,1H3,(H,13,16). The van der Waals surface area contributed by atoms with E-state index in [0.717, 1.165) is 0 Å². The van der Waals surface area contributed by atoms with Gasteiger partial charge >= 0.3 is 0 Å². The van der Waals surface area contributed by atoms with Crippen molar-refractivity contribution in [1.82, 2.24) is 5.32 Å². The minimum Gasteiger partial charge on any atom is -0.370 e. The predicted molar refractivity (Wildman–Crippen MR) is 66.5 cm³/mol. The smallest absolute Gasteiger partial charge is 0.246 e. The maximum absolute atomic E-state index is 11.1. The minimum absolute atomic E-state index is 0.0755. The summed E-state index contributed by atoms with van der Waals surface area (Å²) in [5.74, 6) is 4.37. The van der Waals surface area contributed by atoms with Crippen molar-refractivity contribution >= 4 is 13.8 Å². The van der Waals surface area contributed by atoms with Gasteiger partial charge in [-0.15, -0.1) is 0 Å². The van der Waals surface area contributed by atoms with Crippen molar-refractivity contribution in [3.8, 4) is 11.7 Å². The lowest BCUT2D eigenvalue weighted by Gasteiger charge is -2.10. The number of hydrogen-bond acceptors (Lipinski definition) is 4. The zero-order chi connectivity index (χ0) is 13.6. The lowest BCUT2D eigenvalue weighted by molar-refractivity contribution is -0.126. The molecule has 0 saturated heterocycles. The van der Waals surface area contributed by atoms with Gasteiger partial charge in [0.05, 0.1) is 19.8 Å². The van der Waals surface area contributed by atoms with Gasteiger partial charge in [0.25, 0.3) is 0 Å². The van der Waals surface area contributed by atoms with Crippen LogP contribution in [0.4, 0.5) is 0 Å². The maximum Gasteiger partial charge on any atom is 0.246 e. The van der Waals surface area contributed by atoms with Crippen LogP contribution in [0, 0.1) is 11.7 Å². The Hall–Kier alpha value is -1.68. The SMILES string of the molecule is [B]C#CCNC(=O)COCCOC(CC)N=[N+]=[N-]. The molecule has 1 N–H and O–H groups in total. The van der Waals surface area contributed by atoms with Crippen molar-refractivity contribution in [3.05, 3.63) is 10.4 Å². The summed E-state index contributed by atoms with van der Waals surface area (Å²) in [6, 6.07) is 0. The summed E-state index contributed by atoms with van der Waals surface area (Å²) >= 11 is 0. The molecule has 0 aliphatic heterocycles. The van der Waals surface area contributed by atoms with Gasteiger partial charge in [0, 0.05) is 4.91 Å². The Morgan fingerprint density at radius 3 is 3.00 bits per heavy atom. The van der Waals surface area contributed by atoms with Crippen LogP contribution in [0.3, 0.4) is 0 Å². The highest BCUT2D eigenvalue weighted by atomic mass is 16.5. The first-order valence-corrected chi connectivity index (χ1v) is 5.43. The molecule has 1 atom stereocenters. The van der Waals surface area contributed by atoms with E-state index >= 15 is 0 Å². The van der Waals surface area contributed by atoms with E-state index in [9.17, 15) is 4.79 Å². The van der Waals surface area contributed by atoms with Crippen LogP contribution >= 0.6 is 0 Å². The average molecular weight is 250 g/mol. The van der Waals surface area contributed by atoms with Crippen molar-refractivity contribution in [2.24, 2.45) is 5.11 Å². The molecule has 1 unspecified atom stereocenters. The second-order valence-electron chi connectivity index (χ2n) is 3.09. The fourth-order valence-electron chi connectivity index (χ4n) is 0.943. The summed E-state index contributed by atoms with van der Waals surface area (Å²) < 4.78 is 10.2. The molecule has 0 aliphatic carbocycles. The number of amides is 1. The molecule has 0 rings (SSSR count). The molecule has 0 aromatic carbocycles. The number of rotatable bonds is 9. The van der Waals surface area contributed by atoms with Crippen LogP contribution in [-0.2, 0) is 14.3 Å². The average Bonchev–Trinajstić information content (AvgIpc) is 2.37. The first kappa shape index (κ1) is 16.3. The minimum atomic E-state index is -0.493. The van der Waals surface area contributed by atoms with Crippen LogP contribution in [0.2, 0.25) is 0 Å². The molecular weight excluding hydrogens is 235 g/mol. The molecule has 2 radical (unpaired) electrons. The molecule has 96 valence electrons. The quantitative estimate of drug-likeness (QED) is 0.159. The van der Waals surface area contributed by atoms with E-state index in [1.807, 2.05) is 6.92 Å². The largest absolute Gasteiger partial charge is 0.370 e. The molecule has 0 aromatic rings. The number of hydrogen-bond donors (Lipinski definition) is 1. The maximum atomic E-state index is 11.1. The third-order valence-corrected chi connectivity index (χ3v) is 1.78. The third-order valence-electron chi connectivity index (χ3n) is 1.78. The number of nitrogens with one attached hydrogen (secondary N) is 1. The van der Waals surface area contributed by atoms with Crippen molar-refractivity contribution in [3.63, 3.8) is 0 Å². The van der Waals surface area contributed by atoms with Gasteiger partial charge in [0.1, 0.15) is 12.8 Å². The molecule has 8 heteroatoms. The van der Waals surface area contributed by atoms with E-state index in [0.29, 0.717) is 6.42 Å². The van der Waals surface area contributed by atoms with E-state index in [4.69, 9.17) is 22.9 Å². The summed E-state index contributed by atoms with van der Waals surface area (Å²) in [4.78, 5) is 13.8. The summed E-state index contributed by atoms with van der Waals surface area (Å²) in [6.45, 7) is 2.46. The molecule has 0 heterocycles. The van der Waals surface area contributed by atoms with Gasteiger partial charge < -0.3 is 14.8 Å². The monoisotopic (exact) mass is 250 g/mol. The van der Waals surface area contributed by atoms with Gasteiger partial charge in [0.15, 0.2) is 7.85 Å². The zero-order valence-corrected chi connectivity index (χ0v) is 10.3. The first-order valence-electron chi connectivity index (χ1n) is 5.43. The van der Waals surface area contributed by atoms with E-state index in [1.54, 1.807) is 0 Å². The van der Waals surface area contributed by atoms with Gasteiger partial charge in [-0.05, 0) is 12.0 Å². The number of carbonyl (C=O) groups is 1. The number of nitrogens with zero attached hydrogens (tertiary/aromatic N) is 3. The fourth-order valence-corrected chi connectivity index (χ4v) is 0.943. The van der Waals surface area contributed by atoms with E-state index in [1.165, 1.54) is 0 Å². The second kappa shape index (κ2) is 11.8. The predicted octanol–water partition coefficient (Wildman–Crippen LogP) is 0.312. The van der Waals surface area contributed by atoms with Crippen molar-refractivity contribution < 1.29 is 14.3 Å². The van der Waals surface area contributed by atoms with Crippen LogP contribution in [0.25, 0.3) is 10.4 Å². The molecule has 0 aliphatic rings. The summed E-state index contributed by atoms with van der Waals surface area (Å²) in [7, 11) is 4.93. The van der Waals surface area contributed by atoms with Gasteiger partial charge in [-0.25, -0.2) is 0 Å². The highest BCUT2D eigenvalue weighted by Gasteiger charge is 2.03. The third kappa shape index (κ3) is 9.54. The van der Waals surface area contributed by atoms with E-state index < -0.39 is 6.23 Å². The van der Waals surface area contributed by atoms with Crippen LogP contribution in [0.5, 0.6) is 0 Å². The number of carbonyl (C=O) groups excluding carboxylic acids is 1. The lowest BCUT2D eigenvalue weighted by Crippen LogP contribution is -2.28. The van der Waals surface area contributed by atoms with Crippen molar-refractivity contribution in [1.29, 1.82) is 0 Å². The highest BCUT2D eigenvalue weighted by molar-refractivity contribution is 6.22. The number of ether oxygens (including phenoxy) is 2. The number of azide groups is 1. The molecule has 0 bridgehead atoms. The summed E-state index contributed by atoms with van der Waals surface area (Å²) in [5.41, 5.74) is 8.22. The topological polar surface area (TPSA) is 96.3 Å². The van der Waals surface area contributed by atoms with Crippen LogP contribution in [0.1, 0.15) is 13.3 Å². The van der Waals surface area contributed by atoms with Gasteiger partial charge in [0.2, 0.25) is 5.91 Å². The van der Waals surface area contributed by atoms with Gasteiger partial charge in [-0.3, -0.25) is 4.79 Å². The van der Waals surface area contributed by atoms with E-state index in [-0.39, 0.29) is 32.3 Å². The highest BCUT2D eigenvalue weighted by Crippen LogP contribution is 1.99. The molecule has 1 amide bonds. The Bertz CT molecular complexity index is 347. The molecule has 0 saturated carbocycles. The Balaban J connectivity index is 3.51. The fraction of sp³-hybridized carbons (Fsp3) is 0.700. The van der Waals surface area contributed by atoms with Gasteiger partial charge in [-0.2, -0.15) is 5.82 Å². The molecule has 0 fully saturated rings. The van der Waals surface area contributed by atoms with Crippen LogP contribution in [-0.4, -0.2) is 46.3 Å². The second-order valence-corrected chi connectivity index (χ2v) is 3.09. The molecule has 0 spiro atoms. The van der Waals surface area contributed by atoms with Crippen LogP contribution in [0.15, 0.2) is 5.11 Å². The van der Waals surface area contributed by atoms with Crippen molar-refractivity contribution in [2.75, 3.05) is 26.4 Å². The van der Waals surface area contributed by atoms with Crippen molar-refractivity contribution in [2.45, 2.75) is 19.6 Å². The lowest BCUT2D eigenvalue weighted by atomic mass is 10.2. The Labute approximate surface area is 107 Å². The van der Waals surface area contributed by atoms with Gasteiger partial charge in [-0.1, -0.05) is 18.0 Å². The van der Waals surface area contributed by atoms with E-state index in [2.05, 4.69) is 27.1 Å². The zero-order valence-electron chi connectivity index (χ0n) is 10.3. The molecule has 18 heavy (non-hydrogen) atoms. The van der Waals surface area contributed by atoms with Crippen LogP contribution < -0.4 is 5.32 Å². The summed E-state index contributed by atoms with van der Waals surface area (Å²) in [6.07, 6.45) is 0.0923. The molecular formula is C10H15BN4O3. The first-order chi connectivity index (χ1) is 8.74. The Kier molecular flexibility index (Phi) is 10.7. The molecule has 0 aromatic heterocycles.